The van der Waals surface area contributed by atoms with Crippen molar-refractivity contribution in [2.45, 2.75) is 44.9 Å². The first-order valence-electron chi connectivity index (χ1n) is 9.76. The van der Waals surface area contributed by atoms with E-state index in [2.05, 4.69) is 18.2 Å². The van der Waals surface area contributed by atoms with Crippen LogP contribution in [0.3, 0.4) is 0 Å². The Hall–Kier alpha value is -2.17. The van der Waals surface area contributed by atoms with Crippen molar-refractivity contribution in [2.24, 2.45) is 0 Å². The first-order chi connectivity index (χ1) is 13.0. The molecule has 4 nitrogen and oxygen atoms in total. The molecule has 0 N–H and O–H groups in total. The summed E-state index contributed by atoms with van der Waals surface area (Å²) < 4.78 is 11.9. The van der Waals surface area contributed by atoms with Crippen molar-refractivity contribution in [3.8, 4) is 0 Å². The monoisotopic (exact) mass is 365 g/mol. The van der Waals surface area contributed by atoms with Crippen molar-refractivity contribution in [3.05, 3.63) is 70.8 Å². The molecule has 1 spiro atoms. The van der Waals surface area contributed by atoms with Crippen LogP contribution in [-0.2, 0) is 15.9 Å². The molecule has 2 fully saturated rings. The van der Waals surface area contributed by atoms with E-state index in [1.54, 1.807) is 0 Å². The van der Waals surface area contributed by atoms with Gasteiger partial charge in [-0.1, -0.05) is 47.5 Å². The summed E-state index contributed by atoms with van der Waals surface area (Å²) in [7, 11) is 0. The number of nitrogens with zero attached hydrogens (tertiary/aromatic N) is 1. The summed E-state index contributed by atoms with van der Waals surface area (Å²) in [6.45, 7) is 6.02. The number of benzene rings is 2. The van der Waals surface area contributed by atoms with Crippen LogP contribution in [0, 0.1) is 13.8 Å². The molecular weight excluding hydrogens is 338 g/mol. The summed E-state index contributed by atoms with van der Waals surface area (Å²) in [5.41, 5.74) is 4.24. The van der Waals surface area contributed by atoms with Crippen molar-refractivity contribution in [1.29, 1.82) is 0 Å². The number of hydrogen-bond acceptors (Lipinski definition) is 3. The van der Waals surface area contributed by atoms with Gasteiger partial charge in [-0.3, -0.25) is 4.79 Å². The second-order valence-electron chi connectivity index (χ2n) is 7.78. The highest BCUT2D eigenvalue weighted by Gasteiger charge is 2.45. The van der Waals surface area contributed by atoms with E-state index in [4.69, 9.17) is 9.47 Å². The Labute approximate surface area is 161 Å². The van der Waals surface area contributed by atoms with Crippen LogP contribution in [0.5, 0.6) is 0 Å². The van der Waals surface area contributed by atoms with E-state index in [9.17, 15) is 4.79 Å². The zero-order valence-electron chi connectivity index (χ0n) is 16.1. The number of carbonyl (C=O) groups excluding carboxylic acids is 1. The van der Waals surface area contributed by atoms with Crippen LogP contribution in [0.25, 0.3) is 0 Å². The predicted molar refractivity (Wildman–Crippen MR) is 105 cm³/mol. The highest BCUT2D eigenvalue weighted by atomic mass is 16.7. The third-order valence-electron chi connectivity index (χ3n) is 5.58. The quantitative estimate of drug-likeness (QED) is 0.828. The molecule has 2 aliphatic rings. The SMILES string of the molecule is Cc1cc(C)cc(C(=O)N2CCC3(CC2Cc2ccccc2)OCCO3)c1. The standard InChI is InChI=1S/C23H27NO3/c1-17-12-18(2)14-20(13-17)22(25)24-9-8-23(26-10-11-27-23)16-21(24)15-19-6-4-3-5-7-19/h3-7,12-14,21H,8-11,15-16H2,1-2H3. The van der Waals surface area contributed by atoms with Gasteiger partial charge in [-0.25, -0.2) is 0 Å². The minimum atomic E-state index is -0.515. The van der Waals surface area contributed by atoms with Crippen LogP contribution in [0.1, 0.15) is 39.9 Å². The van der Waals surface area contributed by atoms with Crippen molar-refractivity contribution in [3.63, 3.8) is 0 Å². The number of carbonyl (C=O) groups is 1. The Bertz CT molecular complexity index is 791. The Balaban J connectivity index is 1.61. The molecule has 1 amide bonds. The molecule has 1 unspecified atom stereocenters. The maximum Gasteiger partial charge on any atom is 0.254 e. The van der Waals surface area contributed by atoms with E-state index < -0.39 is 5.79 Å². The molecule has 142 valence electrons. The second-order valence-corrected chi connectivity index (χ2v) is 7.78. The second kappa shape index (κ2) is 7.45. The summed E-state index contributed by atoms with van der Waals surface area (Å²) in [5, 5.41) is 0. The van der Waals surface area contributed by atoms with Crippen LogP contribution in [0.15, 0.2) is 48.5 Å². The first-order valence-corrected chi connectivity index (χ1v) is 9.76. The lowest BCUT2D eigenvalue weighted by Crippen LogP contribution is -2.54. The fourth-order valence-electron chi connectivity index (χ4n) is 4.40. The van der Waals surface area contributed by atoms with Crippen LogP contribution in [-0.4, -0.2) is 42.4 Å². The minimum Gasteiger partial charge on any atom is -0.347 e. The number of hydrogen-bond donors (Lipinski definition) is 0. The van der Waals surface area contributed by atoms with E-state index in [1.165, 1.54) is 5.56 Å². The van der Waals surface area contributed by atoms with Gasteiger partial charge in [0.25, 0.3) is 5.91 Å². The van der Waals surface area contributed by atoms with Gasteiger partial charge in [0.05, 0.1) is 13.2 Å². The predicted octanol–water partition coefficient (Wildman–Crippen LogP) is 3.89. The van der Waals surface area contributed by atoms with E-state index in [0.29, 0.717) is 19.8 Å². The number of amides is 1. The van der Waals surface area contributed by atoms with Gasteiger partial charge in [0.15, 0.2) is 5.79 Å². The first kappa shape index (κ1) is 18.2. The van der Waals surface area contributed by atoms with Gasteiger partial charge in [0, 0.05) is 31.0 Å². The maximum atomic E-state index is 13.4. The number of ether oxygens (including phenoxy) is 2. The molecule has 0 bridgehead atoms. The molecule has 0 radical (unpaired) electrons. The van der Waals surface area contributed by atoms with Crippen molar-refractivity contribution in [2.75, 3.05) is 19.8 Å². The Morgan fingerprint density at radius 3 is 2.41 bits per heavy atom. The number of rotatable bonds is 3. The molecule has 4 rings (SSSR count). The molecule has 2 saturated heterocycles. The molecule has 0 aliphatic carbocycles. The molecule has 0 saturated carbocycles. The van der Waals surface area contributed by atoms with E-state index >= 15 is 0 Å². The molecule has 1 atom stereocenters. The Morgan fingerprint density at radius 1 is 1.07 bits per heavy atom. The van der Waals surface area contributed by atoms with Crippen molar-refractivity contribution in [1.82, 2.24) is 4.90 Å². The minimum absolute atomic E-state index is 0.0626. The summed E-state index contributed by atoms with van der Waals surface area (Å²) in [4.78, 5) is 15.4. The zero-order valence-corrected chi connectivity index (χ0v) is 16.1. The Kier molecular flexibility index (Phi) is 5.02. The third kappa shape index (κ3) is 3.92. The average molecular weight is 365 g/mol. The lowest BCUT2D eigenvalue weighted by molar-refractivity contribution is -0.191. The normalized spacial score (nSPS) is 21.6. The number of aryl methyl sites for hydroxylation is 2. The van der Waals surface area contributed by atoms with E-state index in [-0.39, 0.29) is 11.9 Å². The van der Waals surface area contributed by atoms with Crippen LogP contribution < -0.4 is 0 Å². The van der Waals surface area contributed by atoms with Gasteiger partial charge >= 0.3 is 0 Å². The Morgan fingerprint density at radius 2 is 1.74 bits per heavy atom. The highest BCUT2D eigenvalue weighted by molar-refractivity contribution is 5.95. The van der Waals surface area contributed by atoms with Crippen LogP contribution in [0.4, 0.5) is 0 Å². The van der Waals surface area contributed by atoms with E-state index in [0.717, 1.165) is 36.0 Å². The molecule has 2 heterocycles. The molecule has 4 heteroatoms. The summed E-state index contributed by atoms with van der Waals surface area (Å²) in [6.07, 6.45) is 2.26. The van der Waals surface area contributed by atoms with Gasteiger partial charge in [-0.05, 0) is 38.0 Å². The molecule has 2 aliphatic heterocycles. The summed E-state index contributed by atoms with van der Waals surface area (Å²) in [6, 6.07) is 16.5. The number of likely N-dealkylation sites (tertiary alicyclic amines) is 1. The largest absolute Gasteiger partial charge is 0.347 e. The zero-order chi connectivity index (χ0) is 18.9. The lowest BCUT2D eigenvalue weighted by atomic mass is 9.90. The van der Waals surface area contributed by atoms with Gasteiger partial charge in [0.2, 0.25) is 0 Å². The van der Waals surface area contributed by atoms with Crippen LogP contribution in [0.2, 0.25) is 0 Å². The lowest BCUT2D eigenvalue weighted by Gasteiger charge is -2.43. The summed E-state index contributed by atoms with van der Waals surface area (Å²) in [5.74, 6) is -0.408. The average Bonchev–Trinajstić information content (AvgIpc) is 3.09. The van der Waals surface area contributed by atoms with E-state index in [1.807, 2.05) is 49.1 Å². The summed E-state index contributed by atoms with van der Waals surface area (Å²) >= 11 is 0. The molecular formula is C23H27NO3. The van der Waals surface area contributed by atoms with Gasteiger partial charge in [0.1, 0.15) is 0 Å². The fourth-order valence-corrected chi connectivity index (χ4v) is 4.40. The molecule has 2 aromatic rings. The van der Waals surface area contributed by atoms with Crippen molar-refractivity contribution >= 4 is 5.91 Å². The highest BCUT2D eigenvalue weighted by Crippen LogP contribution is 2.36. The third-order valence-corrected chi connectivity index (χ3v) is 5.58. The molecule has 2 aromatic carbocycles. The molecule has 27 heavy (non-hydrogen) atoms. The smallest absolute Gasteiger partial charge is 0.254 e. The van der Waals surface area contributed by atoms with Gasteiger partial charge in [-0.15, -0.1) is 0 Å². The number of piperidine rings is 1. The van der Waals surface area contributed by atoms with Gasteiger partial charge in [-0.2, -0.15) is 0 Å². The van der Waals surface area contributed by atoms with Crippen molar-refractivity contribution < 1.29 is 14.3 Å². The van der Waals surface area contributed by atoms with Gasteiger partial charge < -0.3 is 14.4 Å². The molecule has 0 aromatic heterocycles. The fraction of sp³-hybridized carbons (Fsp3) is 0.435. The topological polar surface area (TPSA) is 38.8 Å². The van der Waals surface area contributed by atoms with Crippen LogP contribution >= 0.6 is 0 Å². The maximum absolute atomic E-state index is 13.4.